The summed E-state index contributed by atoms with van der Waals surface area (Å²) in [6.45, 7) is 4.64. The summed E-state index contributed by atoms with van der Waals surface area (Å²) in [4.78, 5) is 0. The van der Waals surface area contributed by atoms with Crippen molar-refractivity contribution in [3.05, 3.63) is 215 Å². The van der Waals surface area contributed by atoms with E-state index in [1.54, 1.807) is 0 Å². The van der Waals surface area contributed by atoms with Gasteiger partial charge in [-0.05, 0) is 106 Å². The van der Waals surface area contributed by atoms with Gasteiger partial charge in [0.1, 0.15) is 28.3 Å². The summed E-state index contributed by atoms with van der Waals surface area (Å²) in [5, 5.41) is 2.48. The Morgan fingerprint density at radius 1 is 0.542 bits per heavy atom. The van der Waals surface area contributed by atoms with Crippen LogP contribution in [0.5, 0.6) is 11.5 Å². The molecule has 10 aromatic rings. The van der Waals surface area contributed by atoms with Gasteiger partial charge in [-0.25, -0.2) is 0 Å². The lowest BCUT2D eigenvalue weighted by atomic mass is 9.70. The number of hydrogen-bond acceptors (Lipinski definition) is 1. The third-order valence-electron chi connectivity index (χ3n) is 14.5. The van der Waals surface area contributed by atoms with Gasteiger partial charge in [0.25, 0.3) is 5.82 Å². The minimum absolute atomic E-state index is 0.413. The summed E-state index contributed by atoms with van der Waals surface area (Å²) < 4.78 is 17.0. The van der Waals surface area contributed by atoms with Crippen LogP contribution < -0.4 is 14.0 Å². The first-order chi connectivity index (χ1) is 29.1. The zero-order chi connectivity index (χ0) is 38.5. The number of ether oxygens (including phenoxy) is 1. The molecule has 3 aromatic heterocycles. The van der Waals surface area contributed by atoms with Crippen molar-refractivity contribution < 1.29 is 14.0 Å². The Kier molecular flexibility index (Phi) is 5.16. The highest BCUT2D eigenvalue weighted by Crippen LogP contribution is 2.63. The molecule has 0 radical (unpaired) electrons. The second kappa shape index (κ2) is 9.95. The van der Waals surface area contributed by atoms with Gasteiger partial charge in [0, 0.05) is 23.8 Å². The normalized spacial score (nSPS) is 17.0. The molecular formula is C54H34N4O+2. The molecule has 1 unspecified atom stereocenters. The summed E-state index contributed by atoms with van der Waals surface area (Å²) in [6.07, 6.45) is 2.27. The number of hydrogen-bond donors (Lipinski definition) is 0. The van der Waals surface area contributed by atoms with Crippen LogP contribution in [0.1, 0.15) is 44.8 Å². The second-order valence-corrected chi connectivity index (χ2v) is 16.9. The fraction of sp³-hybridized carbons (Fsp3) is 0.0741. The molecule has 59 heavy (non-hydrogen) atoms. The SMILES string of the molecule is Cc1c(-c2ccc3c(c2)C2(c4ccccc4-c4ccccc42)c2ccccc2-3)c(C)[n+]2n1-c1cccc3c1C21c2c(ccc4c5ccccc5n(c24)-c2cccc[n+]21)O3. The molecule has 0 fully saturated rings. The first kappa shape index (κ1) is 30.6. The minimum atomic E-state index is -0.745. The van der Waals surface area contributed by atoms with Crippen molar-refractivity contribution >= 4 is 21.8 Å². The van der Waals surface area contributed by atoms with E-state index < -0.39 is 11.1 Å². The summed E-state index contributed by atoms with van der Waals surface area (Å²) >= 11 is 0. The molecule has 5 aliphatic rings. The van der Waals surface area contributed by atoms with E-state index in [1.807, 2.05) is 0 Å². The Morgan fingerprint density at radius 3 is 1.97 bits per heavy atom. The highest BCUT2D eigenvalue weighted by atomic mass is 16.5. The molecule has 5 heteroatoms. The van der Waals surface area contributed by atoms with Gasteiger partial charge < -0.3 is 4.74 Å². The molecule has 0 saturated heterocycles. The molecule has 2 spiro atoms. The predicted octanol–water partition coefficient (Wildman–Crippen LogP) is 10.8. The van der Waals surface area contributed by atoms with Crippen molar-refractivity contribution in [3.63, 3.8) is 0 Å². The Bertz CT molecular complexity index is 3580. The second-order valence-electron chi connectivity index (χ2n) is 16.9. The standard InChI is InChI=1S/C54H34N4O/c1-31-49(33-25-26-37-36-16-5-9-20-42(36)53(43(37)30-33)40-18-7-3-14-34(40)35-15-4-8-19-41(35)53)32(2)58-54-50-45(57(31)58)22-13-23-46(50)59-47-28-27-39-38-17-6-10-21-44(38)56(52(39)51(47)54)48-24-11-12-29-55(48)54/h3-30H,1-2H3/q+2. The van der Waals surface area contributed by atoms with Crippen molar-refractivity contribution in [2.24, 2.45) is 0 Å². The smallest absolute Gasteiger partial charge is 0.397 e. The molecule has 15 rings (SSSR count). The zero-order valence-electron chi connectivity index (χ0n) is 32.4. The van der Waals surface area contributed by atoms with E-state index in [9.17, 15) is 0 Å². The quantitative estimate of drug-likeness (QED) is 0.153. The van der Waals surface area contributed by atoms with Crippen LogP contribution in [0, 0.1) is 13.8 Å². The Hall–Kier alpha value is -7.50. The van der Waals surface area contributed by atoms with Crippen LogP contribution in [0.4, 0.5) is 0 Å². The van der Waals surface area contributed by atoms with Gasteiger partial charge in [-0.2, -0.15) is 9.13 Å². The topological polar surface area (TPSA) is 26.8 Å². The number of nitrogens with zero attached hydrogens (tertiary/aromatic N) is 4. The summed E-state index contributed by atoms with van der Waals surface area (Å²) in [7, 11) is 0. The predicted molar refractivity (Wildman–Crippen MR) is 230 cm³/mol. The lowest BCUT2D eigenvalue weighted by Gasteiger charge is -2.33. The first-order valence-electron chi connectivity index (χ1n) is 20.6. The number of pyridine rings is 1. The van der Waals surface area contributed by atoms with Crippen LogP contribution in [-0.2, 0) is 11.1 Å². The van der Waals surface area contributed by atoms with E-state index in [-0.39, 0.29) is 0 Å². The Balaban J connectivity index is 1.06. The maximum absolute atomic E-state index is 6.98. The van der Waals surface area contributed by atoms with E-state index in [0.717, 1.165) is 23.0 Å². The maximum atomic E-state index is 6.98. The fourth-order valence-corrected chi connectivity index (χ4v) is 12.6. The Labute approximate surface area is 339 Å². The molecule has 0 bridgehead atoms. The molecule has 5 nitrogen and oxygen atoms in total. The summed E-state index contributed by atoms with van der Waals surface area (Å²) in [6, 6.07) is 61.0. The van der Waals surface area contributed by atoms with Gasteiger partial charge in [-0.15, -0.1) is 4.68 Å². The van der Waals surface area contributed by atoms with Crippen molar-refractivity contribution in [1.29, 1.82) is 0 Å². The summed E-state index contributed by atoms with van der Waals surface area (Å²) in [5.41, 5.74) is 20.3. The highest BCUT2D eigenvalue weighted by molar-refractivity contribution is 6.11. The van der Waals surface area contributed by atoms with E-state index >= 15 is 0 Å². The molecule has 2 aliphatic carbocycles. The molecule has 274 valence electrons. The van der Waals surface area contributed by atoms with E-state index in [0.29, 0.717) is 0 Å². The van der Waals surface area contributed by atoms with Crippen LogP contribution >= 0.6 is 0 Å². The molecule has 0 amide bonds. The summed E-state index contributed by atoms with van der Waals surface area (Å²) in [5.74, 6) is 2.92. The average Bonchev–Trinajstić information content (AvgIpc) is 4.04. The highest BCUT2D eigenvalue weighted by Gasteiger charge is 2.70. The van der Waals surface area contributed by atoms with Crippen LogP contribution in [0.2, 0.25) is 0 Å². The lowest BCUT2D eigenvalue weighted by Crippen LogP contribution is -2.77. The van der Waals surface area contributed by atoms with E-state index in [1.165, 1.54) is 100.0 Å². The lowest BCUT2D eigenvalue weighted by molar-refractivity contribution is -0.995. The molecule has 3 aliphatic heterocycles. The molecule has 0 N–H and O–H groups in total. The fourth-order valence-electron chi connectivity index (χ4n) is 12.6. The zero-order valence-corrected chi connectivity index (χ0v) is 32.4. The molecular weight excluding hydrogens is 721 g/mol. The van der Waals surface area contributed by atoms with Gasteiger partial charge in [0.15, 0.2) is 11.1 Å². The third-order valence-corrected chi connectivity index (χ3v) is 14.5. The van der Waals surface area contributed by atoms with Gasteiger partial charge in [0.2, 0.25) is 5.69 Å². The number of rotatable bonds is 1. The minimum Gasteiger partial charge on any atom is -0.456 e. The van der Waals surface area contributed by atoms with Crippen molar-refractivity contribution in [2.45, 2.75) is 24.9 Å². The van der Waals surface area contributed by atoms with Crippen LogP contribution in [-0.4, -0.2) is 9.25 Å². The van der Waals surface area contributed by atoms with Crippen LogP contribution in [0.25, 0.3) is 66.7 Å². The van der Waals surface area contributed by atoms with Crippen molar-refractivity contribution in [1.82, 2.24) is 9.25 Å². The average molecular weight is 755 g/mol. The molecule has 0 saturated carbocycles. The third kappa shape index (κ3) is 3.11. The van der Waals surface area contributed by atoms with Gasteiger partial charge >= 0.3 is 5.66 Å². The number of fused-ring (bicyclic) bond motifs is 17. The monoisotopic (exact) mass is 754 g/mol. The van der Waals surface area contributed by atoms with Crippen molar-refractivity contribution in [2.75, 3.05) is 0 Å². The van der Waals surface area contributed by atoms with Gasteiger partial charge in [-0.3, -0.25) is 0 Å². The van der Waals surface area contributed by atoms with Gasteiger partial charge in [-0.1, -0.05) is 114 Å². The number of benzene rings is 7. The van der Waals surface area contributed by atoms with E-state index in [2.05, 4.69) is 202 Å². The van der Waals surface area contributed by atoms with Gasteiger partial charge in [0.05, 0.1) is 22.9 Å². The maximum Gasteiger partial charge on any atom is 0.397 e. The molecule has 1 atom stereocenters. The molecule has 6 heterocycles. The first-order valence-corrected chi connectivity index (χ1v) is 20.6. The van der Waals surface area contributed by atoms with Crippen LogP contribution in [0.15, 0.2) is 170 Å². The van der Waals surface area contributed by atoms with Crippen molar-refractivity contribution in [3.8, 4) is 56.4 Å². The van der Waals surface area contributed by atoms with Crippen LogP contribution in [0.3, 0.4) is 0 Å². The van der Waals surface area contributed by atoms with E-state index in [4.69, 9.17) is 4.74 Å². The Morgan fingerprint density at radius 2 is 1.20 bits per heavy atom. The molecule has 7 aromatic carbocycles. The number of aromatic nitrogens is 4. The largest absolute Gasteiger partial charge is 0.456 e. The number of para-hydroxylation sites is 1.